The van der Waals surface area contributed by atoms with Crippen LogP contribution >= 0.6 is 23.2 Å². The first-order valence-corrected chi connectivity index (χ1v) is 6.76. The molecule has 19 heavy (non-hydrogen) atoms. The van der Waals surface area contributed by atoms with Gasteiger partial charge in [-0.2, -0.15) is 0 Å². The lowest BCUT2D eigenvalue weighted by atomic mass is 10.1. The Kier molecular flexibility index (Phi) is 4.70. The Bertz CT molecular complexity index is 555. The fraction of sp³-hybridized carbons (Fsp3) is 0.200. The van der Waals surface area contributed by atoms with E-state index >= 15 is 0 Å². The molecule has 0 spiro atoms. The first-order chi connectivity index (χ1) is 9.10. The van der Waals surface area contributed by atoms with Crippen molar-refractivity contribution in [1.29, 1.82) is 0 Å². The topological polar surface area (TPSA) is 21.3 Å². The van der Waals surface area contributed by atoms with Crippen LogP contribution in [-0.2, 0) is 0 Å². The molecule has 1 unspecified atom stereocenters. The molecule has 0 aliphatic heterocycles. The van der Waals surface area contributed by atoms with Crippen LogP contribution in [0.15, 0.2) is 42.5 Å². The van der Waals surface area contributed by atoms with Crippen molar-refractivity contribution in [3.63, 3.8) is 0 Å². The van der Waals surface area contributed by atoms with Crippen molar-refractivity contribution in [2.75, 3.05) is 7.05 Å². The lowest BCUT2D eigenvalue weighted by Crippen LogP contribution is -2.12. The molecule has 2 aromatic rings. The van der Waals surface area contributed by atoms with Gasteiger partial charge in [-0.25, -0.2) is 0 Å². The molecule has 1 atom stereocenters. The molecule has 0 aromatic heterocycles. The van der Waals surface area contributed by atoms with Gasteiger partial charge in [0.1, 0.15) is 11.5 Å². The molecule has 0 heterocycles. The number of nitrogens with one attached hydrogen (secondary N) is 1. The molecule has 0 aliphatic carbocycles. The second-order valence-corrected chi connectivity index (χ2v) is 5.09. The summed E-state index contributed by atoms with van der Waals surface area (Å²) < 4.78 is 5.72. The largest absolute Gasteiger partial charge is 0.457 e. The summed E-state index contributed by atoms with van der Waals surface area (Å²) in [6.45, 7) is 2.06. The highest BCUT2D eigenvalue weighted by Crippen LogP contribution is 2.30. The second kappa shape index (κ2) is 6.29. The summed E-state index contributed by atoms with van der Waals surface area (Å²) in [6.07, 6.45) is 0. The van der Waals surface area contributed by atoms with Crippen LogP contribution in [0.3, 0.4) is 0 Å². The molecule has 0 aliphatic rings. The van der Waals surface area contributed by atoms with Crippen LogP contribution in [0.4, 0.5) is 0 Å². The average Bonchev–Trinajstić information content (AvgIpc) is 2.41. The van der Waals surface area contributed by atoms with Crippen LogP contribution < -0.4 is 10.1 Å². The maximum atomic E-state index is 6.25. The lowest BCUT2D eigenvalue weighted by Gasteiger charge is -2.14. The van der Waals surface area contributed by atoms with E-state index in [1.165, 1.54) is 0 Å². The molecule has 0 amide bonds. The zero-order valence-corrected chi connectivity index (χ0v) is 12.3. The third kappa shape index (κ3) is 3.63. The summed E-state index contributed by atoms with van der Waals surface area (Å²) >= 11 is 12.1. The smallest absolute Gasteiger partial charge is 0.128 e. The van der Waals surface area contributed by atoms with E-state index in [9.17, 15) is 0 Å². The summed E-state index contributed by atoms with van der Waals surface area (Å²) in [6, 6.07) is 13.1. The average molecular weight is 296 g/mol. The molecule has 100 valence electrons. The van der Waals surface area contributed by atoms with Gasteiger partial charge in [-0.1, -0.05) is 29.3 Å². The van der Waals surface area contributed by atoms with Crippen molar-refractivity contribution >= 4 is 23.2 Å². The number of hydrogen-bond donors (Lipinski definition) is 1. The normalized spacial score (nSPS) is 12.2. The summed E-state index contributed by atoms with van der Waals surface area (Å²) in [5, 5.41) is 4.53. The van der Waals surface area contributed by atoms with Gasteiger partial charge in [0.05, 0.1) is 0 Å². The number of halogens is 2. The Hall–Kier alpha value is -1.22. The van der Waals surface area contributed by atoms with Gasteiger partial charge in [0.25, 0.3) is 0 Å². The van der Waals surface area contributed by atoms with Gasteiger partial charge in [-0.15, -0.1) is 0 Å². The van der Waals surface area contributed by atoms with Crippen LogP contribution in [0, 0.1) is 0 Å². The van der Waals surface area contributed by atoms with Crippen LogP contribution in [0.2, 0.25) is 10.0 Å². The Morgan fingerprint density at radius 1 is 1.00 bits per heavy atom. The van der Waals surface area contributed by atoms with Gasteiger partial charge in [-0.3, -0.25) is 0 Å². The molecule has 1 N–H and O–H groups in total. The molecule has 2 rings (SSSR count). The highest BCUT2D eigenvalue weighted by molar-refractivity contribution is 6.31. The minimum Gasteiger partial charge on any atom is -0.457 e. The predicted molar refractivity (Wildman–Crippen MR) is 80.5 cm³/mol. The number of benzene rings is 2. The van der Waals surface area contributed by atoms with Gasteiger partial charge >= 0.3 is 0 Å². The molecule has 4 heteroatoms. The van der Waals surface area contributed by atoms with Crippen LogP contribution in [0.25, 0.3) is 0 Å². The molecular formula is C15H15Cl2NO. The maximum absolute atomic E-state index is 6.25. The summed E-state index contributed by atoms with van der Waals surface area (Å²) in [4.78, 5) is 0. The standard InChI is InChI=1S/C15H15Cl2NO/c1-10(18-2)14-8-7-13(9-15(14)17)19-12-5-3-11(16)4-6-12/h3-10,18H,1-2H3. The SMILES string of the molecule is CNC(C)c1ccc(Oc2ccc(Cl)cc2)cc1Cl. The van der Waals surface area contributed by atoms with Crippen molar-refractivity contribution in [2.45, 2.75) is 13.0 Å². The molecule has 0 bridgehead atoms. The minimum absolute atomic E-state index is 0.206. The Balaban J connectivity index is 2.18. The van der Waals surface area contributed by atoms with Gasteiger partial charge in [0.15, 0.2) is 0 Å². The minimum atomic E-state index is 0.206. The third-order valence-electron chi connectivity index (χ3n) is 2.92. The van der Waals surface area contributed by atoms with E-state index in [1.807, 2.05) is 37.4 Å². The third-order valence-corrected chi connectivity index (χ3v) is 3.50. The zero-order valence-electron chi connectivity index (χ0n) is 10.8. The molecule has 2 nitrogen and oxygen atoms in total. The van der Waals surface area contributed by atoms with Crippen LogP contribution in [0.1, 0.15) is 18.5 Å². The quantitative estimate of drug-likeness (QED) is 0.850. The van der Waals surface area contributed by atoms with E-state index in [0.29, 0.717) is 15.8 Å². The van der Waals surface area contributed by atoms with E-state index < -0.39 is 0 Å². The van der Waals surface area contributed by atoms with Gasteiger partial charge in [0.2, 0.25) is 0 Å². The highest BCUT2D eigenvalue weighted by atomic mass is 35.5. The summed E-state index contributed by atoms with van der Waals surface area (Å²) in [5.41, 5.74) is 1.05. The van der Waals surface area contributed by atoms with E-state index in [-0.39, 0.29) is 6.04 Å². The van der Waals surface area contributed by atoms with Gasteiger partial charge in [0, 0.05) is 16.1 Å². The summed E-state index contributed by atoms with van der Waals surface area (Å²) in [7, 11) is 1.90. The number of ether oxygens (including phenoxy) is 1. The first-order valence-electron chi connectivity index (χ1n) is 6.00. The van der Waals surface area contributed by atoms with Crippen molar-refractivity contribution < 1.29 is 4.74 Å². The molecule has 0 saturated heterocycles. The van der Waals surface area contributed by atoms with E-state index in [2.05, 4.69) is 12.2 Å². The molecule has 0 radical (unpaired) electrons. The van der Waals surface area contributed by atoms with Crippen LogP contribution in [-0.4, -0.2) is 7.05 Å². The molecule has 0 fully saturated rings. The van der Waals surface area contributed by atoms with Crippen molar-refractivity contribution in [2.24, 2.45) is 0 Å². The van der Waals surface area contributed by atoms with E-state index in [1.54, 1.807) is 12.1 Å². The van der Waals surface area contributed by atoms with Crippen molar-refractivity contribution in [3.8, 4) is 11.5 Å². The highest BCUT2D eigenvalue weighted by Gasteiger charge is 2.09. The van der Waals surface area contributed by atoms with E-state index in [4.69, 9.17) is 27.9 Å². The lowest BCUT2D eigenvalue weighted by molar-refractivity contribution is 0.482. The van der Waals surface area contributed by atoms with Gasteiger partial charge < -0.3 is 10.1 Å². The van der Waals surface area contributed by atoms with Gasteiger partial charge in [-0.05, 0) is 55.9 Å². The monoisotopic (exact) mass is 295 g/mol. The fourth-order valence-corrected chi connectivity index (χ4v) is 2.18. The Morgan fingerprint density at radius 2 is 1.63 bits per heavy atom. The molecular weight excluding hydrogens is 281 g/mol. The zero-order chi connectivity index (χ0) is 13.8. The second-order valence-electron chi connectivity index (χ2n) is 4.25. The Labute approximate surface area is 123 Å². The molecule has 2 aromatic carbocycles. The number of rotatable bonds is 4. The number of hydrogen-bond acceptors (Lipinski definition) is 2. The van der Waals surface area contributed by atoms with E-state index in [0.717, 1.165) is 11.3 Å². The van der Waals surface area contributed by atoms with Crippen molar-refractivity contribution in [3.05, 3.63) is 58.1 Å². The van der Waals surface area contributed by atoms with Crippen LogP contribution in [0.5, 0.6) is 11.5 Å². The first kappa shape index (κ1) is 14.2. The Morgan fingerprint density at radius 3 is 2.21 bits per heavy atom. The fourth-order valence-electron chi connectivity index (χ4n) is 1.72. The van der Waals surface area contributed by atoms with Crippen molar-refractivity contribution in [1.82, 2.24) is 5.32 Å². The predicted octanol–water partition coefficient (Wildman–Crippen LogP) is 5.07. The maximum Gasteiger partial charge on any atom is 0.128 e. The summed E-state index contributed by atoms with van der Waals surface area (Å²) in [5.74, 6) is 1.44. The molecule has 0 saturated carbocycles.